The van der Waals surface area contributed by atoms with E-state index in [0.717, 1.165) is 0 Å². The van der Waals surface area contributed by atoms with E-state index in [1.807, 2.05) is 20.8 Å². The molecule has 0 bridgehead atoms. The number of aromatic nitrogens is 1. The highest BCUT2D eigenvalue weighted by molar-refractivity contribution is 5.89. The van der Waals surface area contributed by atoms with Gasteiger partial charge in [0.05, 0.1) is 6.04 Å². The smallest absolute Gasteiger partial charge is 0.359 e. The molecule has 1 fully saturated rings. The highest BCUT2D eigenvalue weighted by Crippen LogP contribution is 2.24. The number of likely N-dealkylation sites (tertiary alicyclic amines) is 1. The van der Waals surface area contributed by atoms with Crippen LogP contribution >= 0.6 is 0 Å². The Morgan fingerprint density at radius 2 is 2.08 bits per heavy atom. The zero-order chi connectivity index (χ0) is 18.1. The Balaban J connectivity index is 1.87. The van der Waals surface area contributed by atoms with Gasteiger partial charge in [-0.05, 0) is 0 Å². The fourth-order valence-corrected chi connectivity index (χ4v) is 2.26. The zero-order valence-corrected chi connectivity index (χ0v) is 13.5. The van der Waals surface area contributed by atoms with E-state index in [4.69, 9.17) is 4.52 Å². The highest BCUT2D eigenvalue weighted by atomic mass is 19.4. The lowest BCUT2D eigenvalue weighted by Gasteiger charge is -2.18. The third kappa shape index (κ3) is 4.87. The molecule has 2 heterocycles. The summed E-state index contributed by atoms with van der Waals surface area (Å²) in [5.41, 5.74) is -0.278. The Labute approximate surface area is 136 Å². The van der Waals surface area contributed by atoms with E-state index in [1.165, 1.54) is 0 Å². The first-order valence-corrected chi connectivity index (χ1v) is 7.33. The molecule has 0 spiro atoms. The van der Waals surface area contributed by atoms with Crippen LogP contribution in [0.15, 0.2) is 10.6 Å². The van der Waals surface area contributed by atoms with Crippen LogP contribution in [0.4, 0.5) is 23.8 Å². The molecule has 1 aliphatic rings. The summed E-state index contributed by atoms with van der Waals surface area (Å²) < 4.78 is 42.1. The molecule has 2 N–H and O–H groups in total. The van der Waals surface area contributed by atoms with Crippen LogP contribution in [0.25, 0.3) is 0 Å². The SMILES string of the molecule is CC(C)(C)c1cc(NC(=O)NC2CC(=O)N(CC(F)(F)F)C2)no1. The van der Waals surface area contributed by atoms with Gasteiger partial charge in [0.25, 0.3) is 0 Å². The molecule has 1 aromatic heterocycles. The summed E-state index contributed by atoms with van der Waals surface area (Å²) in [6, 6.07) is 0.222. The lowest BCUT2D eigenvalue weighted by Crippen LogP contribution is -2.41. The van der Waals surface area contributed by atoms with Gasteiger partial charge in [0, 0.05) is 24.4 Å². The maximum absolute atomic E-state index is 12.3. The van der Waals surface area contributed by atoms with Crippen molar-refractivity contribution in [3.05, 3.63) is 11.8 Å². The number of carbonyl (C=O) groups is 2. The Morgan fingerprint density at radius 3 is 2.62 bits per heavy atom. The van der Waals surface area contributed by atoms with Crippen molar-refractivity contribution in [1.29, 1.82) is 0 Å². The van der Waals surface area contributed by atoms with Gasteiger partial charge < -0.3 is 14.7 Å². The van der Waals surface area contributed by atoms with Crippen LogP contribution in [0.3, 0.4) is 0 Å². The highest BCUT2D eigenvalue weighted by Gasteiger charge is 2.38. The zero-order valence-electron chi connectivity index (χ0n) is 13.5. The number of anilines is 1. The third-order valence-corrected chi connectivity index (χ3v) is 3.41. The van der Waals surface area contributed by atoms with Gasteiger partial charge in [-0.25, -0.2) is 4.79 Å². The number of amides is 3. The van der Waals surface area contributed by atoms with Gasteiger partial charge in [-0.1, -0.05) is 25.9 Å². The number of urea groups is 1. The van der Waals surface area contributed by atoms with Crippen molar-refractivity contribution in [3.63, 3.8) is 0 Å². The second kappa shape index (κ2) is 6.33. The Bertz CT molecular complexity index is 622. The van der Waals surface area contributed by atoms with E-state index in [1.54, 1.807) is 6.07 Å². The monoisotopic (exact) mass is 348 g/mol. The Hall–Kier alpha value is -2.26. The molecule has 0 aliphatic carbocycles. The second-order valence-corrected chi connectivity index (χ2v) is 6.72. The summed E-state index contributed by atoms with van der Waals surface area (Å²) in [6.07, 6.45) is -4.63. The minimum absolute atomic E-state index is 0.171. The van der Waals surface area contributed by atoms with Gasteiger partial charge in [-0.15, -0.1) is 0 Å². The molecule has 7 nitrogen and oxygen atoms in total. The minimum Gasteiger partial charge on any atom is -0.359 e. The standard InChI is InChI=1S/C14H19F3N4O3/c1-13(2,3)9-5-10(20-24-9)19-12(23)18-8-4-11(22)21(6-8)7-14(15,16)17/h5,8H,4,6-7H2,1-3H3,(H2,18,19,20,23). The summed E-state index contributed by atoms with van der Waals surface area (Å²) >= 11 is 0. The van der Waals surface area contributed by atoms with Crippen molar-refractivity contribution < 1.29 is 27.3 Å². The van der Waals surface area contributed by atoms with E-state index in [-0.39, 0.29) is 24.2 Å². The molecule has 134 valence electrons. The van der Waals surface area contributed by atoms with E-state index in [9.17, 15) is 22.8 Å². The molecule has 0 aromatic carbocycles. The van der Waals surface area contributed by atoms with Crippen molar-refractivity contribution in [2.75, 3.05) is 18.4 Å². The molecular weight excluding hydrogens is 329 g/mol. The van der Waals surface area contributed by atoms with Gasteiger partial charge in [-0.3, -0.25) is 10.1 Å². The number of rotatable bonds is 3. The molecule has 0 saturated carbocycles. The molecule has 2 rings (SSSR count). The van der Waals surface area contributed by atoms with Crippen LogP contribution in [-0.2, 0) is 10.2 Å². The molecule has 3 amide bonds. The van der Waals surface area contributed by atoms with Crippen molar-refractivity contribution >= 4 is 17.8 Å². The number of hydrogen-bond donors (Lipinski definition) is 2. The number of nitrogens with zero attached hydrogens (tertiary/aromatic N) is 2. The predicted octanol–water partition coefficient (Wildman–Crippen LogP) is 2.26. The van der Waals surface area contributed by atoms with Gasteiger partial charge in [0.15, 0.2) is 5.82 Å². The van der Waals surface area contributed by atoms with Gasteiger partial charge >= 0.3 is 12.2 Å². The molecule has 1 unspecified atom stereocenters. The normalized spacial score (nSPS) is 18.8. The van der Waals surface area contributed by atoms with Gasteiger partial charge in [-0.2, -0.15) is 13.2 Å². The van der Waals surface area contributed by atoms with Crippen LogP contribution in [0.5, 0.6) is 0 Å². The third-order valence-electron chi connectivity index (χ3n) is 3.41. The van der Waals surface area contributed by atoms with Crippen LogP contribution < -0.4 is 10.6 Å². The summed E-state index contributed by atoms with van der Waals surface area (Å²) in [6.45, 7) is 4.24. The number of nitrogens with one attached hydrogen (secondary N) is 2. The van der Waals surface area contributed by atoms with Crippen molar-refractivity contribution in [1.82, 2.24) is 15.4 Å². The number of alkyl halides is 3. The maximum Gasteiger partial charge on any atom is 0.406 e. The van der Waals surface area contributed by atoms with Gasteiger partial charge in [0.2, 0.25) is 5.91 Å². The van der Waals surface area contributed by atoms with Gasteiger partial charge in [0.1, 0.15) is 12.3 Å². The van der Waals surface area contributed by atoms with E-state index in [2.05, 4.69) is 15.8 Å². The van der Waals surface area contributed by atoms with Crippen LogP contribution in [-0.4, -0.2) is 47.3 Å². The lowest BCUT2D eigenvalue weighted by molar-refractivity contribution is -0.157. The Kier molecular flexibility index (Phi) is 4.77. The molecule has 1 aliphatic heterocycles. The van der Waals surface area contributed by atoms with E-state index >= 15 is 0 Å². The molecular formula is C14H19F3N4O3. The number of hydrogen-bond acceptors (Lipinski definition) is 4. The first-order valence-electron chi connectivity index (χ1n) is 7.33. The average Bonchev–Trinajstić information content (AvgIpc) is 2.95. The summed E-state index contributed by atoms with van der Waals surface area (Å²) in [7, 11) is 0. The van der Waals surface area contributed by atoms with Crippen LogP contribution in [0.2, 0.25) is 0 Å². The first-order chi connectivity index (χ1) is 10.9. The average molecular weight is 348 g/mol. The molecule has 10 heteroatoms. The molecule has 1 atom stereocenters. The second-order valence-electron chi connectivity index (χ2n) is 6.72. The quantitative estimate of drug-likeness (QED) is 0.877. The fourth-order valence-electron chi connectivity index (χ4n) is 2.26. The summed E-state index contributed by atoms with van der Waals surface area (Å²) in [5, 5.41) is 8.59. The summed E-state index contributed by atoms with van der Waals surface area (Å²) in [5.74, 6) is 0.119. The molecule has 1 aromatic rings. The lowest BCUT2D eigenvalue weighted by atomic mass is 9.93. The largest absolute Gasteiger partial charge is 0.406 e. The Morgan fingerprint density at radius 1 is 1.42 bits per heavy atom. The van der Waals surface area contributed by atoms with Crippen LogP contribution in [0, 0.1) is 0 Å². The maximum atomic E-state index is 12.3. The van der Waals surface area contributed by atoms with Crippen molar-refractivity contribution in [2.24, 2.45) is 0 Å². The van der Waals surface area contributed by atoms with Crippen molar-refractivity contribution in [2.45, 2.75) is 44.8 Å². The summed E-state index contributed by atoms with van der Waals surface area (Å²) in [4.78, 5) is 24.1. The predicted molar refractivity (Wildman–Crippen MR) is 78.4 cm³/mol. The first kappa shape index (κ1) is 18.1. The molecule has 1 saturated heterocycles. The number of carbonyl (C=O) groups excluding carboxylic acids is 2. The minimum atomic E-state index is -4.46. The topological polar surface area (TPSA) is 87.5 Å². The van der Waals surface area contributed by atoms with Crippen LogP contribution in [0.1, 0.15) is 33.0 Å². The van der Waals surface area contributed by atoms with E-state index in [0.29, 0.717) is 10.7 Å². The molecule has 0 radical (unpaired) electrons. The number of halogens is 3. The van der Waals surface area contributed by atoms with E-state index < -0.39 is 30.7 Å². The molecule has 24 heavy (non-hydrogen) atoms. The van der Waals surface area contributed by atoms with Crippen molar-refractivity contribution in [3.8, 4) is 0 Å². The fraction of sp³-hybridized carbons (Fsp3) is 0.643.